The Labute approximate surface area is 147 Å². The molecule has 5 heteroatoms. The normalized spacial score (nSPS) is 12.4. The first-order valence-corrected chi connectivity index (χ1v) is 8.18. The molecule has 2 aromatic rings. The first-order valence-electron chi connectivity index (χ1n) is 7.81. The Morgan fingerprint density at radius 3 is 2.50 bits per heavy atom. The van der Waals surface area contributed by atoms with E-state index in [2.05, 4.69) is 36.5 Å². The van der Waals surface area contributed by atoms with Gasteiger partial charge in [0.1, 0.15) is 5.75 Å². The number of hydrazone groups is 1. The standard InChI is InChI=1S/C19H21ClN2O2/c1-13(2)16-9-7-15(8-10-16)12-21-22-19(23)14(3)24-18-6-4-5-17(20)11-18/h4-14H,1-3H3,(H,22,23)/b21-12-/t14-/m0/s1. The summed E-state index contributed by atoms with van der Waals surface area (Å²) in [6.07, 6.45) is 0.928. The molecule has 0 heterocycles. The maximum Gasteiger partial charge on any atom is 0.280 e. The quantitative estimate of drug-likeness (QED) is 0.624. The Kier molecular flexibility index (Phi) is 6.38. The zero-order valence-electron chi connectivity index (χ0n) is 14.0. The number of hydrogen-bond donors (Lipinski definition) is 1. The molecule has 0 saturated heterocycles. The van der Waals surface area contributed by atoms with E-state index < -0.39 is 6.10 Å². The first-order chi connectivity index (χ1) is 11.5. The topological polar surface area (TPSA) is 50.7 Å². The van der Waals surface area contributed by atoms with Crippen molar-refractivity contribution in [1.29, 1.82) is 0 Å². The van der Waals surface area contributed by atoms with Crippen LogP contribution in [-0.2, 0) is 4.79 Å². The summed E-state index contributed by atoms with van der Waals surface area (Å²) in [4.78, 5) is 12.0. The number of hydrogen-bond acceptors (Lipinski definition) is 3. The lowest BCUT2D eigenvalue weighted by Crippen LogP contribution is -2.33. The first kappa shape index (κ1) is 18.0. The summed E-state index contributed by atoms with van der Waals surface area (Å²) in [5.74, 6) is 0.698. The lowest BCUT2D eigenvalue weighted by Gasteiger charge is -2.12. The van der Waals surface area contributed by atoms with Crippen molar-refractivity contribution >= 4 is 23.7 Å². The Hall–Kier alpha value is -2.33. The highest BCUT2D eigenvalue weighted by Crippen LogP contribution is 2.18. The van der Waals surface area contributed by atoms with Crippen LogP contribution in [0.15, 0.2) is 53.6 Å². The van der Waals surface area contributed by atoms with E-state index in [0.29, 0.717) is 16.7 Å². The second-order valence-electron chi connectivity index (χ2n) is 5.77. The van der Waals surface area contributed by atoms with Crippen molar-refractivity contribution in [3.63, 3.8) is 0 Å². The van der Waals surface area contributed by atoms with E-state index >= 15 is 0 Å². The summed E-state index contributed by atoms with van der Waals surface area (Å²) in [7, 11) is 0. The zero-order valence-corrected chi connectivity index (χ0v) is 14.7. The summed E-state index contributed by atoms with van der Waals surface area (Å²) in [5.41, 5.74) is 4.66. The molecular formula is C19H21ClN2O2. The van der Waals surface area contributed by atoms with Gasteiger partial charge in [-0.05, 0) is 42.2 Å². The van der Waals surface area contributed by atoms with E-state index in [4.69, 9.17) is 16.3 Å². The van der Waals surface area contributed by atoms with Crippen LogP contribution in [0.3, 0.4) is 0 Å². The molecule has 0 saturated carbocycles. The van der Waals surface area contributed by atoms with Gasteiger partial charge in [0.05, 0.1) is 6.21 Å². The Bertz CT molecular complexity index is 712. The number of halogens is 1. The molecule has 0 aliphatic carbocycles. The van der Waals surface area contributed by atoms with Crippen LogP contribution in [0.5, 0.6) is 5.75 Å². The van der Waals surface area contributed by atoms with Crippen molar-refractivity contribution in [2.75, 3.05) is 0 Å². The summed E-state index contributed by atoms with van der Waals surface area (Å²) in [6.45, 7) is 5.94. The minimum atomic E-state index is -0.677. The molecule has 0 aliphatic rings. The van der Waals surface area contributed by atoms with Crippen LogP contribution in [0.4, 0.5) is 0 Å². The van der Waals surface area contributed by atoms with E-state index in [1.807, 2.05) is 12.1 Å². The lowest BCUT2D eigenvalue weighted by atomic mass is 10.0. The fourth-order valence-corrected chi connectivity index (χ4v) is 2.21. The molecule has 24 heavy (non-hydrogen) atoms. The summed E-state index contributed by atoms with van der Waals surface area (Å²) < 4.78 is 5.53. The molecule has 2 aromatic carbocycles. The highest BCUT2D eigenvalue weighted by atomic mass is 35.5. The number of nitrogens with zero attached hydrogens (tertiary/aromatic N) is 1. The molecule has 2 rings (SSSR count). The lowest BCUT2D eigenvalue weighted by molar-refractivity contribution is -0.127. The summed E-state index contributed by atoms with van der Waals surface area (Å²) >= 11 is 5.89. The van der Waals surface area contributed by atoms with E-state index in [1.165, 1.54) is 5.56 Å². The third kappa shape index (κ3) is 5.39. The van der Waals surface area contributed by atoms with Gasteiger partial charge in [0.15, 0.2) is 6.10 Å². The minimum Gasteiger partial charge on any atom is -0.481 e. The Morgan fingerprint density at radius 1 is 1.17 bits per heavy atom. The number of nitrogens with one attached hydrogen (secondary N) is 1. The molecule has 4 nitrogen and oxygen atoms in total. The van der Waals surface area contributed by atoms with Crippen LogP contribution in [0, 0.1) is 0 Å². The van der Waals surface area contributed by atoms with Gasteiger partial charge < -0.3 is 4.74 Å². The van der Waals surface area contributed by atoms with Gasteiger partial charge >= 0.3 is 0 Å². The van der Waals surface area contributed by atoms with Crippen LogP contribution in [0.1, 0.15) is 37.8 Å². The van der Waals surface area contributed by atoms with Crippen molar-refractivity contribution < 1.29 is 9.53 Å². The van der Waals surface area contributed by atoms with Gasteiger partial charge in [0, 0.05) is 5.02 Å². The molecule has 0 radical (unpaired) electrons. The molecule has 1 atom stereocenters. The molecule has 1 N–H and O–H groups in total. The SMILES string of the molecule is CC(C)c1ccc(/C=N\NC(=O)[C@H](C)Oc2cccc(Cl)c2)cc1. The van der Waals surface area contributed by atoms with Gasteiger partial charge in [-0.3, -0.25) is 4.79 Å². The molecule has 0 aliphatic heterocycles. The smallest absolute Gasteiger partial charge is 0.280 e. The predicted octanol–water partition coefficient (Wildman–Crippen LogP) is 4.38. The van der Waals surface area contributed by atoms with Crippen LogP contribution in [0.25, 0.3) is 0 Å². The largest absolute Gasteiger partial charge is 0.481 e. The maximum absolute atomic E-state index is 12.0. The van der Waals surface area contributed by atoms with Gasteiger partial charge in [-0.25, -0.2) is 5.43 Å². The second kappa shape index (κ2) is 8.50. The third-order valence-corrected chi connectivity index (χ3v) is 3.70. The molecule has 0 unspecified atom stereocenters. The Morgan fingerprint density at radius 2 is 1.88 bits per heavy atom. The molecule has 0 spiro atoms. The fraction of sp³-hybridized carbons (Fsp3) is 0.263. The van der Waals surface area contributed by atoms with Gasteiger partial charge in [0.25, 0.3) is 5.91 Å². The van der Waals surface area contributed by atoms with Gasteiger partial charge in [-0.1, -0.05) is 55.8 Å². The number of rotatable bonds is 6. The van der Waals surface area contributed by atoms with E-state index in [1.54, 1.807) is 37.4 Å². The number of carbonyl (C=O) groups is 1. The van der Waals surface area contributed by atoms with Crippen LogP contribution in [0.2, 0.25) is 5.02 Å². The van der Waals surface area contributed by atoms with Crippen LogP contribution < -0.4 is 10.2 Å². The third-order valence-electron chi connectivity index (χ3n) is 3.47. The molecular weight excluding hydrogens is 324 g/mol. The monoisotopic (exact) mass is 344 g/mol. The van der Waals surface area contributed by atoms with Crippen molar-refractivity contribution in [3.8, 4) is 5.75 Å². The average Bonchev–Trinajstić information content (AvgIpc) is 2.55. The highest BCUT2D eigenvalue weighted by Gasteiger charge is 2.13. The second-order valence-corrected chi connectivity index (χ2v) is 6.21. The fourth-order valence-electron chi connectivity index (χ4n) is 2.03. The van der Waals surface area contributed by atoms with Crippen LogP contribution in [-0.4, -0.2) is 18.2 Å². The molecule has 0 bridgehead atoms. The van der Waals surface area contributed by atoms with Gasteiger partial charge in [-0.2, -0.15) is 5.10 Å². The van der Waals surface area contributed by atoms with E-state index in [9.17, 15) is 4.79 Å². The summed E-state index contributed by atoms with van der Waals surface area (Å²) in [5, 5.41) is 4.52. The van der Waals surface area contributed by atoms with Gasteiger partial charge in [0.2, 0.25) is 0 Å². The molecule has 0 fully saturated rings. The van der Waals surface area contributed by atoms with Crippen molar-refractivity contribution in [2.45, 2.75) is 32.8 Å². The van der Waals surface area contributed by atoms with Crippen LogP contribution >= 0.6 is 11.6 Å². The van der Waals surface area contributed by atoms with Crippen molar-refractivity contribution in [2.24, 2.45) is 5.10 Å². The minimum absolute atomic E-state index is 0.329. The Balaban J connectivity index is 1.87. The van der Waals surface area contributed by atoms with Crippen molar-refractivity contribution in [3.05, 3.63) is 64.7 Å². The number of carbonyl (C=O) groups excluding carboxylic acids is 1. The highest BCUT2D eigenvalue weighted by molar-refractivity contribution is 6.30. The van der Waals surface area contributed by atoms with Gasteiger partial charge in [-0.15, -0.1) is 0 Å². The van der Waals surface area contributed by atoms with E-state index in [0.717, 1.165) is 5.56 Å². The number of amides is 1. The predicted molar refractivity (Wildman–Crippen MR) is 97.8 cm³/mol. The van der Waals surface area contributed by atoms with Crippen molar-refractivity contribution in [1.82, 2.24) is 5.43 Å². The molecule has 0 aromatic heterocycles. The molecule has 126 valence electrons. The summed E-state index contributed by atoms with van der Waals surface area (Å²) in [6, 6.07) is 15.0. The number of ether oxygens (including phenoxy) is 1. The zero-order chi connectivity index (χ0) is 17.5. The van der Waals surface area contributed by atoms with E-state index in [-0.39, 0.29) is 5.91 Å². The molecule has 1 amide bonds. The maximum atomic E-state index is 12.0. The average molecular weight is 345 g/mol. The number of benzene rings is 2.